The quantitative estimate of drug-likeness (QED) is 0.933. The van der Waals surface area contributed by atoms with Crippen molar-refractivity contribution in [2.24, 2.45) is 5.73 Å². The van der Waals surface area contributed by atoms with Crippen LogP contribution in [0.4, 0.5) is 0 Å². The monoisotopic (exact) mass is 291 g/mol. The Bertz CT molecular complexity index is 616. The SMILES string of the molecule is CCC(N)Cc1c(Cl)cccc1-n1nc(C)c(C)c1C. The maximum absolute atomic E-state index is 6.38. The average molecular weight is 292 g/mol. The number of aromatic nitrogens is 2. The van der Waals surface area contributed by atoms with Gasteiger partial charge in [-0.2, -0.15) is 5.10 Å². The van der Waals surface area contributed by atoms with Crippen LogP contribution in [0.25, 0.3) is 5.69 Å². The summed E-state index contributed by atoms with van der Waals surface area (Å²) in [5.74, 6) is 0. The van der Waals surface area contributed by atoms with Crippen molar-refractivity contribution in [3.05, 3.63) is 45.7 Å². The van der Waals surface area contributed by atoms with Crippen molar-refractivity contribution in [3.8, 4) is 5.69 Å². The normalized spacial score (nSPS) is 12.7. The van der Waals surface area contributed by atoms with Crippen LogP contribution in [0.2, 0.25) is 5.02 Å². The molecule has 4 heteroatoms. The van der Waals surface area contributed by atoms with E-state index in [-0.39, 0.29) is 6.04 Å². The van der Waals surface area contributed by atoms with Gasteiger partial charge in [0.15, 0.2) is 0 Å². The van der Waals surface area contributed by atoms with Gasteiger partial charge in [-0.15, -0.1) is 0 Å². The highest BCUT2D eigenvalue weighted by Crippen LogP contribution is 2.27. The number of nitrogens with zero attached hydrogens (tertiary/aromatic N) is 2. The Labute approximate surface area is 125 Å². The minimum absolute atomic E-state index is 0.117. The molecule has 0 saturated carbocycles. The smallest absolute Gasteiger partial charge is 0.0696 e. The van der Waals surface area contributed by atoms with Crippen molar-refractivity contribution >= 4 is 11.6 Å². The van der Waals surface area contributed by atoms with E-state index in [9.17, 15) is 0 Å². The van der Waals surface area contributed by atoms with Crippen LogP contribution >= 0.6 is 11.6 Å². The number of benzene rings is 1. The van der Waals surface area contributed by atoms with Crippen LogP contribution in [0.1, 0.15) is 35.9 Å². The Morgan fingerprint density at radius 1 is 1.30 bits per heavy atom. The zero-order valence-corrected chi connectivity index (χ0v) is 13.3. The van der Waals surface area contributed by atoms with E-state index in [1.807, 2.05) is 23.7 Å². The molecule has 0 aliphatic heterocycles. The number of nitrogens with two attached hydrogens (primary N) is 1. The van der Waals surface area contributed by atoms with E-state index in [2.05, 4.69) is 31.9 Å². The minimum Gasteiger partial charge on any atom is -0.327 e. The van der Waals surface area contributed by atoms with Crippen molar-refractivity contribution in [1.29, 1.82) is 0 Å². The number of halogens is 1. The maximum Gasteiger partial charge on any atom is 0.0696 e. The lowest BCUT2D eigenvalue weighted by atomic mass is 10.0. The third kappa shape index (κ3) is 2.74. The molecule has 0 amide bonds. The van der Waals surface area contributed by atoms with Gasteiger partial charge in [-0.3, -0.25) is 0 Å². The lowest BCUT2D eigenvalue weighted by Crippen LogP contribution is -2.22. The fraction of sp³-hybridized carbons (Fsp3) is 0.438. The summed E-state index contributed by atoms with van der Waals surface area (Å²) in [4.78, 5) is 0. The molecule has 0 fully saturated rings. The van der Waals surface area contributed by atoms with E-state index in [0.29, 0.717) is 0 Å². The second-order valence-electron chi connectivity index (χ2n) is 5.32. The first-order valence-electron chi connectivity index (χ1n) is 7.01. The van der Waals surface area contributed by atoms with Gasteiger partial charge in [0.05, 0.1) is 11.4 Å². The average Bonchev–Trinajstić information content (AvgIpc) is 2.68. The molecule has 0 aliphatic rings. The second-order valence-corrected chi connectivity index (χ2v) is 5.72. The molecule has 20 heavy (non-hydrogen) atoms. The predicted octanol–water partition coefficient (Wildman–Crippen LogP) is 3.73. The number of hydrogen-bond acceptors (Lipinski definition) is 2. The molecule has 2 rings (SSSR count). The largest absolute Gasteiger partial charge is 0.327 e. The molecule has 108 valence electrons. The molecule has 1 heterocycles. The molecule has 1 aromatic carbocycles. The Hall–Kier alpha value is -1.32. The molecule has 0 spiro atoms. The summed E-state index contributed by atoms with van der Waals surface area (Å²) < 4.78 is 1.98. The van der Waals surface area contributed by atoms with E-state index in [1.165, 1.54) is 5.56 Å². The van der Waals surface area contributed by atoms with Crippen LogP contribution in [-0.2, 0) is 6.42 Å². The number of rotatable bonds is 4. The fourth-order valence-corrected chi connectivity index (χ4v) is 2.56. The summed E-state index contributed by atoms with van der Waals surface area (Å²) in [6, 6.07) is 6.06. The Kier molecular flexibility index (Phi) is 4.51. The molecule has 2 aromatic rings. The van der Waals surface area contributed by atoms with Gasteiger partial charge < -0.3 is 5.73 Å². The van der Waals surface area contributed by atoms with E-state index in [1.54, 1.807) is 0 Å². The highest BCUT2D eigenvalue weighted by atomic mass is 35.5. The molecule has 3 nitrogen and oxygen atoms in total. The van der Waals surface area contributed by atoms with Crippen LogP contribution in [0, 0.1) is 20.8 Å². The van der Waals surface area contributed by atoms with Crippen molar-refractivity contribution in [2.75, 3.05) is 0 Å². The van der Waals surface area contributed by atoms with Crippen molar-refractivity contribution in [3.63, 3.8) is 0 Å². The number of aryl methyl sites for hydroxylation is 1. The summed E-state index contributed by atoms with van der Waals surface area (Å²) in [5.41, 5.74) is 11.6. The van der Waals surface area contributed by atoms with Crippen molar-refractivity contribution in [2.45, 2.75) is 46.6 Å². The molecule has 1 atom stereocenters. The van der Waals surface area contributed by atoms with Gasteiger partial charge >= 0.3 is 0 Å². The molecule has 0 bridgehead atoms. The first-order valence-corrected chi connectivity index (χ1v) is 7.39. The lowest BCUT2D eigenvalue weighted by molar-refractivity contribution is 0.641. The Balaban J connectivity index is 2.56. The molecule has 1 aromatic heterocycles. The van der Waals surface area contributed by atoms with Gasteiger partial charge in [-0.25, -0.2) is 4.68 Å². The van der Waals surface area contributed by atoms with Crippen LogP contribution in [0.15, 0.2) is 18.2 Å². The highest BCUT2D eigenvalue weighted by Gasteiger charge is 2.16. The number of hydrogen-bond donors (Lipinski definition) is 1. The first kappa shape index (κ1) is 15.1. The molecule has 0 radical (unpaired) electrons. The van der Waals surface area contributed by atoms with Crippen molar-refractivity contribution < 1.29 is 0 Å². The molecular formula is C16H22ClN3. The van der Waals surface area contributed by atoms with Gasteiger partial charge in [0.2, 0.25) is 0 Å². The minimum atomic E-state index is 0.117. The first-order chi connectivity index (χ1) is 9.45. The molecule has 0 aliphatic carbocycles. The van der Waals surface area contributed by atoms with Crippen LogP contribution in [0.5, 0.6) is 0 Å². The van der Waals surface area contributed by atoms with Gasteiger partial charge in [0, 0.05) is 16.8 Å². The summed E-state index contributed by atoms with van der Waals surface area (Å²) in [6.45, 7) is 8.30. The highest BCUT2D eigenvalue weighted by molar-refractivity contribution is 6.31. The third-order valence-electron chi connectivity index (χ3n) is 3.97. The topological polar surface area (TPSA) is 43.8 Å². The van der Waals surface area contributed by atoms with Crippen LogP contribution < -0.4 is 5.73 Å². The van der Waals surface area contributed by atoms with E-state index < -0.39 is 0 Å². The molecule has 0 saturated heterocycles. The predicted molar refractivity (Wildman–Crippen MR) is 84.8 cm³/mol. The van der Waals surface area contributed by atoms with E-state index in [0.717, 1.165) is 40.5 Å². The van der Waals surface area contributed by atoms with Crippen LogP contribution in [0.3, 0.4) is 0 Å². The summed E-state index contributed by atoms with van der Waals surface area (Å²) in [5, 5.41) is 5.39. The molecule has 2 N–H and O–H groups in total. The Morgan fingerprint density at radius 2 is 2.00 bits per heavy atom. The Morgan fingerprint density at radius 3 is 2.55 bits per heavy atom. The van der Waals surface area contributed by atoms with Gasteiger partial charge in [-0.1, -0.05) is 24.6 Å². The van der Waals surface area contributed by atoms with Gasteiger partial charge in [-0.05, 0) is 56.9 Å². The maximum atomic E-state index is 6.38. The standard InChI is InChI=1S/C16H22ClN3/c1-5-13(18)9-14-15(17)7-6-8-16(14)20-12(4)10(2)11(3)19-20/h6-8,13H,5,9,18H2,1-4H3. The summed E-state index contributed by atoms with van der Waals surface area (Å²) in [6.07, 6.45) is 1.70. The van der Waals surface area contributed by atoms with Gasteiger partial charge in [0.25, 0.3) is 0 Å². The second kappa shape index (κ2) is 5.98. The zero-order chi connectivity index (χ0) is 14.9. The lowest BCUT2D eigenvalue weighted by Gasteiger charge is -2.16. The van der Waals surface area contributed by atoms with E-state index in [4.69, 9.17) is 17.3 Å². The summed E-state index contributed by atoms with van der Waals surface area (Å²) >= 11 is 6.38. The fourth-order valence-electron chi connectivity index (χ4n) is 2.31. The van der Waals surface area contributed by atoms with Crippen molar-refractivity contribution in [1.82, 2.24) is 9.78 Å². The summed E-state index contributed by atoms with van der Waals surface area (Å²) in [7, 11) is 0. The molecule has 1 unspecified atom stereocenters. The third-order valence-corrected chi connectivity index (χ3v) is 4.32. The van der Waals surface area contributed by atoms with Gasteiger partial charge in [0.1, 0.15) is 0 Å². The zero-order valence-electron chi connectivity index (χ0n) is 12.6. The molecular weight excluding hydrogens is 270 g/mol. The van der Waals surface area contributed by atoms with E-state index >= 15 is 0 Å². The van der Waals surface area contributed by atoms with Crippen LogP contribution in [-0.4, -0.2) is 15.8 Å².